The van der Waals surface area contributed by atoms with Gasteiger partial charge >= 0.3 is 0 Å². The van der Waals surface area contributed by atoms with E-state index >= 15 is 0 Å². The van der Waals surface area contributed by atoms with Crippen LogP contribution in [0.25, 0.3) is 0 Å². The molecule has 1 aromatic carbocycles. The number of likely N-dealkylation sites (tertiary alicyclic amines) is 1. The lowest BCUT2D eigenvalue weighted by atomic mass is 10.0. The number of benzene rings is 1. The van der Waals surface area contributed by atoms with E-state index in [1.54, 1.807) is 0 Å². The van der Waals surface area contributed by atoms with E-state index in [2.05, 4.69) is 40.8 Å². The lowest BCUT2D eigenvalue weighted by molar-refractivity contribution is 0.287. The van der Waals surface area contributed by atoms with E-state index in [0.717, 1.165) is 25.9 Å². The summed E-state index contributed by atoms with van der Waals surface area (Å²) >= 11 is 0. The van der Waals surface area contributed by atoms with Gasteiger partial charge in [-0.15, -0.1) is 0 Å². The summed E-state index contributed by atoms with van der Waals surface area (Å²) in [5.41, 5.74) is 1.35. The van der Waals surface area contributed by atoms with Crippen LogP contribution < -0.4 is 4.72 Å². The Balaban J connectivity index is 1.82. The molecule has 118 valence electrons. The van der Waals surface area contributed by atoms with Crippen LogP contribution in [0.4, 0.5) is 0 Å². The molecule has 0 aromatic heterocycles. The fraction of sp³-hybridized carbons (Fsp3) is 0.625. The molecular weight excluding hydrogens is 284 g/mol. The molecule has 1 saturated heterocycles. The van der Waals surface area contributed by atoms with Crippen molar-refractivity contribution >= 4 is 10.0 Å². The molecule has 0 aliphatic carbocycles. The SMILES string of the molecule is CCNS(=O)(=O)C1CCN(CC(C)Cc2ccccc2)C1. The third-order valence-electron chi connectivity index (χ3n) is 4.01. The van der Waals surface area contributed by atoms with Gasteiger partial charge in [0.2, 0.25) is 10.0 Å². The lowest BCUT2D eigenvalue weighted by Crippen LogP contribution is -2.37. The third-order valence-corrected chi connectivity index (χ3v) is 5.96. The first-order chi connectivity index (χ1) is 10.0. The van der Waals surface area contributed by atoms with Crippen molar-refractivity contribution in [3.8, 4) is 0 Å². The van der Waals surface area contributed by atoms with Gasteiger partial charge in [-0.3, -0.25) is 0 Å². The van der Waals surface area contributed by atoms with Crippen molar-refractivity contribution in [3.05, 3.63) is 35.9 Å². The van der Waals surface area contributed by atoms with Crippen LogP contribution in [0.3, 0.4) is 0 Å². The highest BCUT2D eigenvalue weighted by Crippen LogP contribution is 2.18. The fourth-order valence-corrected chi connectivity index (χ4v) is 4.52. The molecule has 2 unspecified atom stereocenters. The Morgan fingerprint density at radius 3 is 2.71 bits per heavy atom. The first-order valence-corrected chi connectivity index (χ1v) is 9.30. The molecule has 2 atom stereocenters. The van der Waals surface area contributed by atoms with Crippen molar-refractivity contribution in [2.75, 3.05) is 26.2 Å². The summed E-state index contributed by atoms with van der Waals surface area (Å²) < 4.78 is 26.7. The van der Waals surface area contributed by atoms with Gasteiger partial charge in [-0.1, -0.05) is 44.2 Å². The molecule has 0 saturated carbocycles. The summed E-state index contributed by atoms with van der Waals surface area (Å²) in [4.78, 5) is 2.28. The van der Waals surface area contributed by atoms with Crippen molar-refractivity contribution in [2.24, 2.45) is 5.92 Å². The van der Waals surface area contributed by atoms with Gasteiger partial charge in [-0.05, 0) is 30.9 Å². The van der Waals surface area contributed by atoms with Crippen molar-refractivity contribution < 1.29 is 8.42 Å². The van der Waals surface area contributed by atoms with E-state index in [0.29, 0.717) is 19.0 Å². The summed E-state index contributed by atoms with van der Waals surface area (Å²) in [7, 11) is -3.13. The third kappa shape index (κ3) is 4.80. The maximum atomic E-state index is 12.0. The molecule has 21 heavy (non-hydrogen) atoms. The minimum Gasteiger partial charge on any atom is -0.302 e. The Morgan fingerprint density at radius 2 is 2.05 bits per heavy atom. The highest BCUT2D eigenvalue weighted by atomic mass is 32.2. The number of nitrogens with one attached hydrogen (secondary N) is 1. The number of hydrogen-bond donors (Lipinski definition) is 1. The van der Waals surface area contributed by atoms with Crippen LogP contribution in [0.2, 0.25) is 0 Å². The summed E-state index contributed by atoms with van der Waals surface area (Å²) in [6.07, 6.45) is 1.79. The van der Waals surface area contributed by atoms with Gasteiger partial charge in [0, 0.05) is 19.6 Å². The van der Waals surface area contributed by atoms with Gasteiger partial charge in [0.1, 0.15) is 0 Å². The van der Waals surface area contributed by atoms with E-state index in [1.165, 1.54) is 5.56 Å². The molecule has 0 spiro atoms. The smallest absolute Gasteiger partial charge is 0.215 e. The summed E-state index contributed by atoms with van der Waals surface area (Å²) in [5, 5.41) is -0.249. The molecule has 0 amide bonds. The summed E-state index contributed by atoms with van der Waals surface area (Å²) in [5.74, 6) is 0.535. The molecule has 1 heterocycles. The normalized spacial score (nSPS) is 21.5. The van der Waals surface area contributed by atoms with Crippen molar-refractivity contribution in [1.29, 1.82) is 0 Å². The molecule has 1 N–H and O–H groups in total. The van der Waals surface area contributed by atoms with Gasteiger partial charge < -0.3 is 4.90 Å². The van der Waals surface area contributed by atoms with Crippen LogP contribution in [-0.2, 0) is 16.4 Å². The molecule has 1 fully saturated rings. The Kier molecular flexibility index (Phi) is 5.79. The Hall–Kier alpha value is -0.910. The van der Waals surface area contributed by atoms with Crippen LogP contribution in [0.5, 0.6) is 0 Å². The lowest BCUT2D eigenvalue weighted by Gasteiger charge is -2.21. The zero-order chi connectivity index (χ0) is 15.3. The average Bonchev–Trinajstić information content (AvgIpc) is 2.89. The number of rotatable bonds is 7. The maximum absolute atomic E-state index is 12.0. The standard InChI is InChI=1S/C16H26N2O2S/c1-3-17-21(19,20)16-9-10-18(13-16)12-14(2)11-15-7-5-4-6-8-15/h4-8,14,16-17H,3,9-13H2,1-2H3. The predicted octanol–water partition coefficient (Wildman–Crippen LogP) is 1.88. The quantitative estimate of drug-likeness (QED) is 0.836. The minimum absolute atomic E-state index is 0.249. The van der Waals surface area contributed by atoms with E-state index in [4.69, 9.17) is 0 Å². The number of nitrogens with zero attached hydrogens (tertiary/aromatic N) is 1. The largest absolute Gasteiger partial charge is 0.302 e. The molecule has 2 rings (SSSR count). The topological polar surface area (TPSA) is 49.4 Å². The Bertz CT molecular complexity index is 530. The van der Waals surface area contributed by atoms with Crippen LogP contribution in [-0.4, -0.2) is 44.7 Å². The molecule has 1 aliphatic heterocycles. The Morgan fingerprint density at radius 1 is 1.33 bits per heavy atom. The molecule has 1 aromatic rings. The second-order valence-corrected chi connectivity index (χ2v) is 8.05. The summed E-state index contributed by atoms with van der Waals surface area (Å²) in [6.45, 7) is 7.05. The van der Waals surface area contributed by atoms with Gasteiger partial charge in [0.25, 0.3) is 0 Å². The van der Waals surface area contributed by atoms with Crippen molar-refractivity contribution in [3.63, 3.8) is 0 Å². The molecule has 4 nitrogen and oxygen atoms in total. The first-order valence-electron chi connectivity index (χ1n) is 7.76. The fourth-order valence-electron chi connectivity index (χ4n) is 3.06. The van der Waals surface area contributed by atoms with Gasteiger partial charge in [0.15, 0.2) is 0 Å². The second-order valence-electron chi connectivity index (χ2n) is 6.01. The van der Waals surface area contributed by atoms with Crippen LogP contribution in [0, 0.1) is 5.92 Å². The first kappa shape index (κ1) is 16.5. The van der Waals surface area contributed by atoms with E-state index in [1.807, 2.05) is 13.0 Å². The highest BCUT2D eigenvalue weighted by molar-refractivity contribution is 7.90. The molecule has 0 bridgehead atoms. The minimum atomic E-state index is -3.13. The molecule has 5 heteroatoms. The van der Waals surface area contributed by atoms with E-state index in [9.17, 15) is 8.42 Å². The number of sulfonamides is 1. The van der Waals surface area contributed by atoms with Crippen molar-refractivity contribution in [1.82, 2.24) is 9.62 Å². The Labute approximate surface area is 128 Å². The average molecular weight is 310 g/mol. The van der Waals surface area contributed by atoms with Crippen LogP contribution in [0.1, 0.15) is 25.8 Å². The molecule has 1 aliphatic rings. The van der Waals surface area contributed by atoms with Gasteiger partial charge in [-0.2, -0.15) is 0 Å². The van der Waals surface area contributed by atoms with Gasteiger partial charge in [0.05, 0.1) is 5.25 Å². The zero-order valence-electron chi connectivity index (χ0n) is 13.0. The van der Waals surface area contributed by atoms with E-state index < -0.39 is 10.0 Å². The molecular formula is C16H26N2O2S. The van der Waals surface area contributed by atoms with Crippen LogP contribution in [0.15, 0.2) is 30.3 Å². The van der Waals surface area contributed by atoms with Crippen molar-refractivity contribution in [2.45, 2.75) is 31.9 Å². The summed E-state index contributed by atoms with van der Waals surface area (Å²) in [6, 6.07) is 10.5. The maximum Gasteiger partial charge on any atom is 0.215 e. The second kappa shape index (κ2) is 7.38. The monoisotopic (exact) mass is 310 g/mol. The van der Waals surface area contributed by atoms with Gasteiger partial charge in [-0.25, -0.2) is 13.1 Å². The van der Waals surface area contributed by atoms with Crippen LogP contribution >= 0.6 is 0 Å². The highest BCUT2D eigenvalue weighted by Gasteiger charge is 2.32. The molecule has 0 radical (unpaired) electrons. The van der Waals surface area contributed by atoms with E-state index in [-0.39, 0.29) is 5.25 Å². The number of hydrogen-bond acceptors (Lipinski definition) is 3. The predicted molar refractivity (Wildman–Crippen MR) is 86.8 cm³/mol. The zero-order valence-corrected chi connectivity index (χ0v) is 13.8.